The van der Waals surface area contributed by atoms with E-state index < -0.39 is 16.0 Å². The standard InChI is InChI=1S/C16H18FN3O2S/c1-18-10-5-11-19-16-12-13(17)8-9-15(16)20(23(19,21)22)14-6-3-2-4-7-14/h2-4,6-9,12,18H,5,10-11H2,1H3. The second-order valence-electron chi connectivity index (χ2n) is 5.27. The number of hydrogen-bond donors (Lipinski definition) is 1. The molecule has 0 aliphatic carbocycles. The maximum Gasteiger partial charge on any atom is 0.330 e. The molecule has 0 radical (unpaired) electrons. The molecule has 5 nitrogen and oxygen atoms in total. The molecule has 122 valence electrons. The fraction of sp³-hybridized carbons (Fsp3) is 0.250. The molecule has 1 aliphatic rings. The summed E-state index contributed by atoms with van der Waals surface area (Å²) < 4.78 is 42.1. The van der Waals surface area contributed by atoms with Gasteiger partial charge < -0.3 is 5.32 Å². The topological polar surface area (TPSA) is 52.6 Å². The van der Waals surface area contributed by atoms with Crippen LogP contribution < -0.4 is 13.9 Å². The Kier molecular flexibility index (Phi) is 4.23. The van der Waals surface area contributed by atoms with Crippen LogP contribution in [0.4, 0.5) is 21.5 Å². The molecule has 0 saturated carbocycles. The van der Waals surface area contributed by atoms with Gasteiger partial charge in [-0.05, 0) is 44.3 Å². The van der Waals surface area contributed by atoms with E-state index in [2.05, 4.69) is 5.32 Å². The number of nitrogens with one attached hydrogen (secondary N) is 1. The van der Waals surface area contributed by atoms with Gasteiger partial charge in [0.25, 0.3) is 0 Å². The highest BCUT2D eigenvalue weighted by atomic mass is 32.2. The molecule has 0 aromatic heterocycles. The molecule has 0 atom stereocenters. The lowest BCUT2D eigenvalue weighted by molar-refractivity contribution is 0.591. The molecule has 7 heteroatoms. The summed E-state index contributed by atoms with van der Waals surface area (Å²) >= 11 is 0. The maximum absolute atomic E-state index is 13.7. The number of hydrogen-bond acceptors (Lipinski definition) is 3. The zero-order valence-corrected chi connectivity index (χ0v) is 13.6. The van der Waals surface area contributed by atoms with E-state index in [4.69, 9.17) is 0 Å². The second kappa shape index (κ2) is 6.17. The van der Waals surface area contributed by atoms with Crippen molar-refractivity contribution in [3.8, 4) is 0 Å². The third-order valence-corrected chi connectivity index (χ3v) is 5.52. The zero-order chi connectivity index (χ0) is 16.4. The lowest BCUT2D eigenvalue weighted by Crippen LogP contribution is -2.36. The summed E-state index contributed by atoms with van der Waals surface area (Å²) in [5.41, 5.74) is 1.39. The number of halogens is 1. The quantitative estimate of drug-likeness (QED) is 0.855. The number of fused-ring (bicyclic) bond motifs is 1. The highest BCUT2D eigenvalue weighted by Crippen LogP contribution is 2.45. The van der Waals surface area contributed by atoms with Crippen molar-refractivity contribution in [1.82, 2.24) is 5.32 Å². The minimum absolute atomic E-state index is 0.295. The smallest absolute Gasteiger partial charge is 0.320 e. The number of benzene rings is 2. The summed E-state index contributed by atoms with van der Waals surface area (Å²) in [7, 11) is -1.96. The molecule has 2 aromatic rings. The lowest BCUT2D eigenvalue weighted by Gasteiger charge is -2.21. The minimum atomic E-state index is -3.77. The fourth-order valence-electron chi connectivity index (χ4n) is 2.69. The van der Waals surface area contributed by atoms with Gasteiger partial charge in [0.1, 0.15) is 5.82 Å². The van der Waals surface area contributed by atoms with Gasteiger partial charge in [-0.25, -0.2) is 8.70 Å². The first-order valence-electron chi connectivity index (χ1n) is 7.38. The van der Waals surface area contributed by atoms with Crippen LogP contribution in [0.25, 0.3) is 0 Å². The van der Waals surface area contributed by atoms with Crippen molar-refractivity contribution in [1.29, 1.82) is 0 Å². The molecule has 2 aromatic carbocycles. The summed E-state index contributed by atoms with van der Waals surface area (Å²) in [6.45, 7) is 0.977. The number of anilines is 3. The van der Waals surface area contributed by atoms with E-state index in [1.54, 1.807) is 24.3 Å². The number of para-hydroxylation sites is 1. The highest BCUT2D eigenvalue weighted by Gasteiger charge is 2.41. The van der Waals surface area contributed by atoms with Crippen LogP contribution in [0.2, 0.25) is 0 Å². The van der Waals surface area contributed by atoms with Gasteiger partial charge in [-0.3, -0.25) is 4.31 Å². The van der Waals surface area contributed by atoms with Gasteiger partial charge in [-0.2, -0.15) is 8.42 Å². The molecule has 0 amide bonds. The first-order valence-corrected chi connectivity index (χ1v) is 8.77. The Balaban J connectivity index is 2.09. The fourth-order valence-corrected chi connectivity index (χ4v) is 4.43. The first-order chi connectivity index (χ1) is 11.1. The lowest BCUT2D eigenvalue weighted by atomic mass is 10.2. The van der Waals surface area contributed by atoms with Gasteiger partial charge in [0, 0.05) is 12.6 Å². The molecule has 1 N–H and O–H groups in total. The second-order valence-corrected chi connectivity index (χ2v) is 6.97. The largest absolute Gasteiger partial charge is 0.330 e. The average molecular weight is 335 g/mol. The summed E-state index contributed by atoms with van der Waals surface area (Å²) in [5, 5.41) is 2.99. The third kappa shape index (κ3) is 2.77. The molecular weight excluding hydrogens is 317 g/mol. The van der Waals surface area contributed by atoms with Crippen LogP contribution in [0.1, 0.15) is 6.42 Å². The van der Waals surface area contributed by atoms with Gasteiger partial charge in [0.2, 0.25) is 0 Å². The Hall–Kier alpha value is -2.12. The Morgan fingerprint density at radius 1 is 1.09 bits per heavy atom. The van der Waals surface area contributed by atoms with Crippen molar-refractivity contribution in [2.75, 3.05) is 28.7 Å². The predicted molar refractivity (Wildman–Crippen MR) is 89.8 cm³/mol. The predicted octanol–water partition coefficient (Wildman–Crippen LogP) is 2.64. The van der Waals surface area contributed by atoms with E-state index in [9.17, 15) is 12.8 Å². The van der Waals surface area contributed by atoms with Crippen LogP contribution in [0.15, 0.2) is 48.5 Å². The zero-order valence-electron chi connectivity index (χ0n) is 12.7. The van der Waals surface area contributed by atoms with E-state index in [1.807, 2.05) is 13.1 Å². The van der Waals surface area contributed by atoms with Crippen molar-refractivity contribution in [3.63, 3.8) is 0 Å². The SMILES string of the molecule is CNCCCN1c2cc(F)ccc2N(c2ccccc2)S1(=O)=O. The van der Waals surface area contributed by atoms with Crippen molar-refractivity contribution in [3.05, 3.63) is 54.3 Å². The molecule has 0 spiro atoms. The molecule has 0 saturated heterocycles. The van der Waals surface area contributed by atoms with Crippen LogP contribution in [0, 0.1) is 5.82 Å². The third-order valence-electron chi connectivity index (χ3n) is 3.71. The molecular formula is C16H18FN3O2S. The van der Waals surface area contributed by atoms with Gasteiger partial charge in [0.15, 0.2) is 0 Å². The Morgan fingerprint density at radius 2 is 1.83 bits per heavy atom. The highest BCUT2D eigenvalue weighted by molar-refractivity contribution is 7.95. The van der Waals surface area contributed by atoms with E-state index in [0.29, 0.717) is 36.6 Å². The monoisotopic (exact) mass is 335 g/mol. The van der Waals surface area contributed by atoms with Gasteiger partial charge >= 0.3 is 10.2 Å². The van der Waals surface area contributed by atoms with Crippen LogP contribution >= 0.6 is 0 Å². The van der Waals surface area contributed by atoms with E-state index in [0.717, 1.165) is 0 Å². The Labute approximate surface area is 135 Å². The number of rotatable bonds is 5. The summed E-state index contributed by atoms with van der Waals surface area (Å²) in [6.07, 6.45) is 0.633. The van der Waals surface area contributed by atoms with Crippen molar-refractivity contribution < 1.29 is 12.8 Å². The molecule has 0 bridgehead atoms. The van der Waals surface area contributed by atoms with Crippen molar-refractivity contribution in [2.24, 2.45) is 0 Å². The molecule has 0 fully saturated rings. The van der Waals surface area contributed by atoms with Gasteiger partial charge in [-0.1, -0.05) is 18.2 Å². The first kappa shape index (κ1) is 15.8. The summed E-state index contributed by atoms with van der Waals surface area (Å²) in [5.74, 6) is -0.451. The maximum atomic E-state index is 13.7. The van der Waals surface area contributed by atoms with E-state index in [1.165, 1.54) is 26.8 Å². The average Bonchev–Trinajstić information content (AvgIpc) is 2.75. The van der Waals surface area contributed by atoms with E-state index >= 15 is 0 Å². The molecule has 3 rings (SSSR count). The van der Waals surface area contributed by atoms with Crippen LogP contribution in [0.3, 0.4) is 0 Å². The normalized spacial score (nSPS) is 15.7. The molecule has 23 heavy (non-hydrogen) atoms. The van der Waals surface area contributed by atoms with Crippen molar-refractivity contribution in [2.45, 2.75) is 6.42 Å². The summed E-state index contributed by atoms with van der Waals surface area (Å²) in [6, 6.07) is 12.9. The van der Waals surface area contributed by atoms with Crippen LogP contribution in [-0.2, 0) is 10.2 Å². The van der Waals surface area contributed by atoms with E-state index in [-0.39, 0.29) is 0 Å². The van der Waals surface area contributed by atoms with Crippen LogP contribution in [-0.4, -0.2) is 28.6 Å². The van der Waals surface area contributed by atoms with Gasteiger partial charge in [-0.15, -0.1) is 0 Å². The van der Waals surface area contributed by atoms with Gasteiger partial charge in [0.05, 0.1) is 17.1 Å². The summed E-state index contributed by atoms with van der Waals surface area (Å²) in [4.78, 5) is 0. The van der Waals surface area contributed by atoms with Crippen LogP contribution in [0.5, 0.6) is 0 Å². The number of nitrogens with zero attached hydrogens (tertiary/aromatic N) is 2. The molecule has 0 unspecified atom stereocenters. The molecule has 1 aliphatic heterocycles. The Bertz CT molecular complexity index is 796. The minimum Gasteiger partial charge on any atom is -0.320 e. The molecule has 1 heterocycles. The Morgan fingerprint density at radius 3 is 2.52 bits per heavy atom. The van der Waals surface area contributed by atoms with Crippen molar-refractivity contribution >= 4 is 27.3 Å².